The average Bonchev–Trinajstić information content (AvgIpc) is 3.09. The lowest BCUT2D eigenvalue weighted by Gasteiger charge is -2.25. The van der Waals surface area contributed by atoms with Crippen molar-refractivity contribution in [3.63, 3.8) is 0 Å². The highest BCUT2D eigenvalue weighted by Gasteiger charge is 2.46. The summed E-state index contributed by atoms with van der Waals surface area (Å²) in [4.78, 5) is 17.6. The highest BCUT2D eigenvalue weighted by atomic mass is 19.2. The highest BCUT2D eigenvalue weighted by molar-refractivity contribution is 5.95. The summed E-state index contributed by atoms with van der Waals surface area (Å²) in [6.07, 6.45) is 0.449. The summed E-state index contributed by atoms with van der Waals surface area (Å²) in [5, 5.41) is 6.26. The molecule has 2 heterocycles. The second-order valence-corrected chi connectivity index (χ2v) is 9.33. The SMILES string of the molecule is COCC(C)(C)NCc1cc(NC(=O)[C@@H]2O[C@H](C)[C@@H](C)[C@H]2c2ccc(F)c(F)c2OC)ccn1. The molecule has 1 aromatic carbocycles. The molecule has 0 spiro atoms. The topological polar surface area (TPSA) is 81.7 Å². The monoisotopic (exact) mass is 477 g/mol. The zero-order chi connectivity index (χ0) is 25.0. The van der Waals surface area contributed by atoms with Crippen LogP contribution in [0.3, 0.4) is 0 Å². The Kier molecular flexibility index (Phi) is 8.22. The Morgan fingerprint density at radius 3 is 2.62 bits per heavy atom. The normalized spacial score (nSPS) is 22.6. The number of benzene rings is 1. The number of pyridine rings is 1. The molecule has 4 atom stereocenters. The molecule has 7 nitrogen and oxygen atoms in total. The predicted molar refractivity (Wildman–Crippen MR) is 125 cm³/mol. The summed E-state index contributed by atoms with van der Waals surface area (Å²) in [7, 11) is 2.93. The van der Waals surface area contributed by atoms with Gasteiger partial charge in [-0.1, -0.05) is 13.0 Å². The Hall–Kier alpha value is -2.62. The summed E-state index contributed by atoms with van der Waals surface area (Å²) < 4.78 is 44.5. The van der Waals surface area contributed by atoms with Crippen LogP contribution in [0.15, 0.2) is 30.5 Å². The number of hydrogen-bond acceptors (Lipinski definition) is 6. The van der Waals surface area contributed by atoms with E-state index < -0.39 is 23.7 Å². The number of halogens is 2. The lowest BCUT2D eigenvalue weighted by Crippen LogP contribution is -2.42. The molecule has 1 aliphatic heterocycles. The van der Waals surface area contributed by atoms with E-state index in [4.69, 9.17) is 14.2 Å². The smallest absolute Gasteiger partial charge is 0.254 e. The summed E-state index contributed by atoms with van der Waals surface area (Å²) in [5.74, 6) is -3.31. The number of aromatic nitrogens is 1. The van der Waals surface area contributed by atoms with Crippen LogP contribution in [0.1, 0.15) is 44.9 Å². The quantitative estimate of drug-likeness (QED) is 0.568. The number of nitrogens with zero attached hydrogens (tertiary/aromatic N) is 1. The molecule has 1 aromatic heterocycles. The number of carbonyl (C=O) groups is 1. The maximum absolute atomic E-state index is 14.4. The van der Waals surface area contributed by atoms with Crippen molar-refractivity contribution in [3.8, 4) is 5.75 Å². The van der Waals surface area contributed by atoms with Gasteiger partial charge in [-0.25, -0.2) is 4.39 Å². The molecule has 0 bridgehead atoms. The lowest BCUT2D eigenvalue weighted by atomic mass is 9.82. The lowest BCUT2D eigenvalue weighted by molar-refractivity contribution is -0.127. The Balaban J connectivity index is 1.80. The molecule has 34 heavy (non-hydrogen) atoms. The van der Waals surface area contributed by atoms with E-state index in [0.717, 1.165) is 11.8 Å². The van der Waals surface area contributed by atoms with Crippen molar-refractivity contribution in [1.29, 1.82) is 0 Å². The van der Waals surface area contributed by atoms with Gasteiger partial charge < -0.3 is 24.8 Å². The minimum Gasteiger partial charge on any atom is -0.493 e. The van der Waals surface area contributed by atoms with E-state index in [1.807, 2.05) is 27.7 Å². The fourth-order valence-electron chi connectivity index (χ4n) is 4.30. The summed E-state index contributed by atoms with van der Waals surface area (Å²) in [5.41, 5.74) is 1.47. The molecule has 186 valence electrons. The number of nitrogens with one attached hydrogen (secondary N) is 2. The van der Waals surface area contributed by atoms with Gasteiger partial charge in [0, 0.05) is 42.6 Å². The molecule has 1 saturated heterocycles. The first-order valence-corrected chi connectivity index (χ1v) is 11.2. The van der Waals surface area contributed by atoms with Gasteiger partial charge in [0.1, 0.15) is 6.10 Å². The minimum absolute atomic E-state index is 0.130. The summed E-state index contributed by atoms with van der Waals surface area (Å²) >= 11 is 0. The number of anilines is 1. The second-order valence-electron chi connectivity index (χ2n) is 9.33. The van der Waals surface area contributed by atoms with Crippen LogP contribution in [0, 0.1) is 17.6 Å². The molecule has 0 radical (unpaired) electrons. The van der Waals surface area contributed by atoms with Gasteiger partial charge in [-0.3, -0.25) is 9.78 Å². The van der Waals surface area contributed by atoms with Gasteiger partial charge in [0.05, 0.1) is 25.5 Å². The van der Waals surface area contributed by atoms with E-state index >= 15 is 0 Å². The van der Waals surface area contributed by atoms with E-state index in [1.54, 1.807) is 25.4 Å². The first kappa shape index (κ1) is 26.0. The number of methoxy groups -OCH3 is 2. The fourth-order valence-corrected chi connectivity index (χ4v) is 4.30. The van der Waals surface area contributed by atoms with Crippen LogP contribution in [-0.2, 0) is 20.8 Å². The van der Waals surface area contributed by atoms with E-state index in [1.165, 1.54) is 13.2 Å². The van der Waals surface area contributed by atoms with Crippen LogP contribution in [0.5, 0.6) is 5.75 Å². The van der Waals surface area contributed by atoms with E-state index in [0.29, 0.717) is 24.4 Å². The minimum atomic E-state index is -1.08. The molecule has 0 aliphatic carbocycles. The fraction of sp³-hybridized carbons (Fsp3) is 0.520. The van der Waals surface area contributed by atoms with Crippen molar-refractivity contribution >= 4 is 11.6 Å². The number of amides is 1. The Labute approximate surface area is 199 Å². The van der Waals surface area contributed by atoms with E-state index in [-0.39, 0.29) is 29.2 Å². The van der Waals surface area contributed by atoms with Crippen LogP contribution in [-0.4, -0.2) is 49.5 Å². The maximum atomic E-state index is 14.4. The average molecular weight is 478 g/mol. The molecule has 9 heteroatoms. The van der Waals surface area contributed by atoms with E-state index in [2.05, 4.69) is 15.6 Å². The molecule has 1 aliphatic rings. The van der Waals surface area contributed by atoms with Gasteiger partial charge in [-0.2, -0.15) is 4.39 Å². The van der Waals surface area contributed by atoms with Crippen molar-refractivity contribution in [2.45, 2.75) is 57.9 Å². The molecule has 1 amide bonds. The predicted octanol–water partition coefficient (Wildman–Crippen LogP) is 4.03. The van der Waals surface area contributed by atoms with Crippen LogP contribution in [0.2, 0.25) is 0 Å². The third-order valence-corrected chi connectivity index (χ3v) is 6.23. The van der Waals surface area contributed by atoms with Gasteiger partial charge in [0.25, 0.3) is 5.91 Å². The molecule has 0 saturated carbocycles. The third-order valence-electron chi connectivity index (χ3n) is 6.23. The van der Waals surface area contributed by atoms with Gasteiger partial charge in [0.2, 0.25) is 5.82 Å². The van der Waals surface area contributed by atoms with E-state index in [9.17, 15) is 13.6 Å². The second kappa shape index (κ2) is 10.8. The standard InChI is InChI=1S/C25H33F2N3O4/c1-14-15(2)34-23(20(14)18-7-8-19(26)21(27)22(18)33-6)24(31)30-16-9-10-28-17(11-16)12-29-25(3,4)13-32-5/h7-11,14-15,20,23,29H,12-13H2,1-6H3,(H,28,30,31)/t14-,15-,20+,23-/m1/s1. The number of hydrogen-bond donors (Lipinski definition) is 2. The number of rotatable bonds is 9. The number of ether oxygens (including phenoxy) is 3. The molecule has 2 N–H and O–H groups in total. The van der Waals surface area contributed by atoms with Crippen molar-refractivity contribution in [3.05, 3.63) is 53.4 Å². The first-order chi connectivity index (χ1) is 16.1. The van der Waals surface area contributed by atoms with Gasteiger partial charge in [-0.05, 0) is 44.9 Å². The van der Waals surface area contributed by atoms with Gasteiger partial charge in [0.15, 0.2) is 11.6 Å². The maximum Gasteiger partial charge on any atom is 0.254 e. The Morgan fingerprint density at radius 2 is 1.94 bits per heavy atom. The largest absolute Gasteiger partial charge is 0.493 e. The van der Waals surface area contributed by atoms with Crippen LogP contribution in [0.25, 0.3) is 0 Å². The first-order valence-electron chi connectivity index (χ1n) is 11.2. The number of carbonyl (C=O) groups excluding carboxylic acids is 1. The van der Waals surface area contributed by atoms with Gasteiger partial charge in [-0.15, -0.1) is 0 Å². The van der Waals surface area contributed by atoms with Crippen LogP contribution < -0.4 is 15.4 Å². The molecule has 0 unspecified atom stereocenters. The summed E-state index contributed by atoms with van der Waals surface area (Å²) in [6, 6.07) is 5.97. The molecule has 3 rings (SSSR count). The van der Waals surface area contributed by atoms with Crippen LogP contribution in [0.4, 0.5) is 14.5 Å². The van der Waals surface area contributed by atoms with Gasteiger partial charge >= 0.3 is 0 Å². The Morgan fingerprint density at radius 1 is 1.21 bits per heavy atom. The van der Waals surface area contributed by atoms with Crippen molar-refractivity contribution in [1.82, 2.24) is 10.3 Å². The molecular formula is C25H33F2N3O4. The van der Waals surface area contributed by atoms with Crippen molar-refractivity contribution < 1.29 is 27.8 Å². The zero-order valence-corrected chi connectivity index (χ0v) is 20.4. The van der Waals surface area contributed by atoms with Crippen molar-refractivity contribution in [2.75, 3.05) is 26.1 Å². The summed E-state index contributed by atoms with van der Waals surface area (Å²) in [6.45, 7) is 8.84. The zero-order valence-electron chi connectivity index (χ0n) is 20.4. The molecular weight excluding hydrogens is 444 g/mol. The highest BCUT2D eigenvalue weighted by Crippen LogP contribution is 2.44. The van der Waals surface area contributed by atoms with Crippen LogP contribution >= 0.6 is 0 Å². The molecule has 2 aromatic rings. The molecule has 1 fully saturated rings. The van der Waals surface area contributed by atoms with Crippen molar-refractivity contribution in [2.24, 2.45) is 5.92 Å². The Bertz CT molecular complexity index is 1020. The third kappa shape index (κ3) is 5.71.